The van der Waals surface area contributed by atoms with Crippen molar-refractivity contribution in [1.82, 2.24) is 10.2 Å². The average molecular weight is 403 g/mol. The number of hydrogen-bond donors (Lipinski definition) is 1. The van der Waals surface area contributed by atoms with Gasteiger partial charge in [0.2, 0.25) is 0 Å². The lowest BCUT2D eigenvalue weighted by atomic mass is 10.1. The van der Waals surface area contributed by atoms with E-state index in [9.17, 15) is 4.79 Å². The van der Waals surface area contributed by atoms with Gasteiger partial charge in [0.05, 0.1) is 0 Å². The molecule has 4 nitrogen and oxygen atoms in total. The summed E-state index contributed by atoms with van der Waals surface area (Å²) in [5.41, 5.74) is 1.30. The van der Waals surface area contributed by atoms with Crippen molar-refractivity contribution in [3.63, 3.8) is 0 Å². The van der Waals surface area contributed by atoms with Gasteiger partial charge in [0.25, 0.3) is 5.91 Å². The molecule has 0 aromatic heterocycles. The monoisotopic (exact) mass is 402 g/mol. The standard InChI is InChI=1S/C16H26N2O2.C3H8.C2H6.CH3Cl/c1-4-6-14-7-9-15(10-8-14)20-13-16(19)17-11-5-12-18(2)3;1-3-2;2*1-2/h7-10H,4-6,11-13H2,1-3H3,(H,17,19);3H2,1-2H3;1-2H3;1H3. The van der Waals surface area contributed by atoms with Gasteiger partial charge in [-0.2, -0.15) is 0 Å². The Morgan fingerprint density at radius 1 is 1.07 bits per heavy atom. The molecule has 0 bridgehead atoms. The Kier molecular flexibility index (Phi) is 27.9. The van der Waals surface area contributed by atoms with Gasteiger partial charge < -0.3 is 15.0 Å². The van der Waals surface area contributed by atoms with Gasteiger partial charge >= 0.3 is 0 Å². The molecular weight excluding hydrogens is 360 g/mol. The molecule has 5 heteroatoms. The molecule has 1 N–H and O–H groups in total. The molecule has 0 spiro atoms. The summed E-state index contributed by atoms with van der Waals surface area (Å²) in [4.78, 5) is 13.7. The summed E-state index contributed by atoms with van der Waals surface area (Å²) in [6, 6.07) is 7.94. The van der Waals surface area contributed by atoms with Gasteiger partial charge in [0, 0.05) is 12.9 Å². The van der Waals surface area contributed by atoms with Gasteiger partial charge in [-0.05, 0) is 51.2 Å². The highest BCUT2D eigenvalue weighted by molar-refractivity contribution is 6.15. The number of benzene rings is 1. The van der Waals surface area contributed by atoms with E-state index in [0.29, 0.717) is 6.54 Å². The first kappa shape index (κ1) is 30.5. The topological polar surface area (TPSA) is 41.6 Å². The van der Waals surface area contributed by atoms with E-state index in [1.54, 1.807) is 0 Å². The second-order valence-electron chi connectivity index (χ2n) is 5.90. The van der Waals surface area contributed by atoms with Crippen molar-refractivity contribution in [3.05, 3.63) is 29.8 Å². The minimum Gasteiger partial charge on any atom is -0.484 e. The fourth-order valence-corrected chi connectivity index (χ4v) is 1.86. The molecule has 1 aromatic carbocycles. The number of alkyl halides is 1. The molecule has 160 valence electrons. The number of carbonyl (C=O) groups excluding carboxylic acids is 1. The van der Waals surface area contributed by atoms with E-state index in [0.717, 1.165) is 31.6 Å². The van der Waals surface area contributed by atoms with Gasteiger partial charge in [-0.1, -0.05) is 59.6 Å². The molecule has 0 aliphatic carbocycles. The Labute approximate surface area is 173 Å². The molecule has 0 aliphatic rings. The van der Waals surface area contributed by atoms with Crippen molar-refractivity contribution in [2.75, 3.05) is 40.2 Å². The zero-order valence-electron chi connectivity index (χ0n) is 18.9. The van der Waals surface area contributed by atoms with Gasteiger partial charge in [0.15, 0.2) is 6.61 Å². The lowest BCUT2D eigenvalue weighted by molar-refractivity contribution is -0.123. The smallest absolute Gasteiger partial charge is 0.257 e. The van der Waals surface area contributed by atoms with Crippen LogP contribution in [0, 0.1) is 0 Å². The summed E-state index contributed by atoms with van der Waals surface area (Å²) >= 11 is 4.64. The molecule has 0 atom stereocenters. The van der Waals surface area contributed by atoms with Crippen LogP contribution in [-0.2, 0) is 11.2 Å². The van der Waals surface area contributed by atoms with Crippen LogP contribution in [0.1, 0.15) is 59.4 Å². The summed E-state index contributed by atoms with van der Waals surface area (Å²) in [6.45, 7) is 12.1. The lowest BCUT2D eigenvalue weighted by Gasteiger charge is -2.10. The number of nitrogens with zero attached hydrogens (tertiary/aromatic N) is 1. The molecule has 27 heavy (non-hydrogen) atoms. The Balaban J connectivity index is -0.000000725. The maximum absolute atomic E-state index is 11.6. The minimum absolute atomic E-state index is 0.0682. The molecule has 0 radical (unpaired) electrons. The van der Waals surface area contributed by atoms with Crippen molar-refractivity contribution >= 4 is 17.5 Å². The van der Waals surface area contributed by atoms with E-state index in [1.807, 2.05) is 52.2 Å². The second kappa shape index (κ2) is 24.7. The highest BCUT2D eigenvalue weighted by atomic mass is 35.5. The van der Waals surface area contributed by atoms with Crippen molar-refractivity contribution in [1.29, 1.82) is 0 Å². The maximum atomic E-state index is 11.6. The highest BCUT2D eigenvalue weighted by Crippen LogP contribution is 2.13. The SMILES string of the molecule is CC.CCC.CCCc1ccc(OCC(=O)NCCCN(C)C)cc1.CCl. The molecule has 0 unspecified atom stereocenters. The number of amides is 1. The van der Waals surface area contributed by atoms with Crippen LogP contribution in [0.4, 0.5) is 0 Å². The van der Waals surface area contributed by atoms with Crippen molar-refractivity contribution in [2.24, 2.45) is 0 Å². The number of ether oxygens (including phenoxy) is 1. The van der Waals surface area contributed by atoms with Crippen LogP contribution in [0.15, 0.2) is 24.3 Å². The van der Waals surface area contributed by atoms with E-state index in [2.05, 4.69) is 42.6 Å². The van der Waals surface area contributed by atoms with Crippen LogP contribution in [0.2, 0.25) is 0 Å². The van der Waals surface area contributed by atoms with Gasteiger partial charge in [-0.3, -0.25) is 4.79 Å². The number of nitrogens with one attached hydrogen (secondary N) is 1. The zero-order chi connectivity index (χ0) is 21.5. The van der Waals surface area contributed by atoms with Gasteiger partial charge in [-0.15, -0.1) is 11.6 Å². The largest absolute Gasteiger partial charge is 0.484 e. The number of carbonyl (C=O) groups is 1. The second-order valence-corrected chi connectivity index (χ2v) is 5.90. The van der Waals surface area contributed by atoms with E-state index >= 15 is 0 Å². The third kappa shape index (κ3) is 22.7. The highest BCUT2D eigenvalue weighted by Gasteiger charge is 2.02. The van der Waals surface area contributed by atoms with Crippen LogP contribution >= 0.6 is 11.6 Å². The van der Waals surface area contributed by atoms with E-state index in [4.69, 9.17) is 4.74 Å². The first-order valence-corrected chi connectivity index (χ1v) is 10.8. The molecule has 0 fully saturated rings. The average Bonchev–Trinajstić information content (AvgIpc) is 2.68. The summed E-state index contributed by atoms with van der Waals surface area (Å²) in [7, 11) is 4.04. The fraction of sp³-hybridized carbons (Fsp3) is 0.682. The van der Waals surface area contributed by atoms with Crippen LogP contribution in [0.5, 0.6) is 5.75 Å². The molecule has 1 aromatic rings. The summed E-state index contributed by atoms with van der Waals surface area (Å²) in [5, 5.41) is 2.85. The Hall–Kier alpha value is -1.26. The lowest BCUT2D eigenvalue weighted by Crippen LogP contribution is -2.31. The predicted octanol–water partition coefficient (Wildman–Crippen LogP) is 5.38. The van der Waals surface area contributed by atoms with Crippen LogP contribution < -0.4 is 10.1 Å². The molecule has 0 saturated carbocycles. The molecular formula is C22H43ClN2O2. The molecule has 1 rings (SSSR count). The quantitative estimate of drug-likeness (QED) is 0.445. The summed E-state index contributed by atoms with van der Waals surface area (Å²) in [6.07, 6.45) is 5.88. The summed E-state index contributed by atoms with van der Waals surface area (Å²) < 4.78 is 5.46. The third-order valence-corrected chi connectivity index (χ3v) is 2.94. The first-order valence-electron chi connectivity index (χ1n) is 10.0. The van der Waals surface area contributed by atoms with E-state index in [-0.39, 0.29) is 12.5 Å². The van der Waals surface area contributed by atoms with Gasteiger partial charge in [-0.25, -0.2) is 0 Å². The number of aryl methyl sites for hydroxylation is 1. The normalized spacial score (nSPS) is 8.96. The van der Waals surface area contributed by atoms with Gasteiger partial charge in [0.1, 0.15) is 5.75 Å². The van der Waals surface area contributed by atoms with Crippen molar-refractivity contribution in [3.8, 4) is 5.75 Å². The van der Waals surface area contributed by atoms with Crippen LogP contribution in [-0.4, -0.2) is 51.0 Å². The van der Waals surface area contributed by atoms with Crippen molar-refractivity contribution < 1.29 is 9.53 Å². The van der Waals surface area contributed by atoms with Crippen LogP contribution in [0.25, 0.3) is 0 Å². The van der Waals surface area contributed by atoms with Crippen LogP contribution in [0.3, 0.4) is 0 Å². The number of hydrogen-bond acceptors (Lipinski definition) is 3. The van der Waals surface area contributed by atoms with E-state index < -0.39 is 0 Å². The minimum atomic E-state index is -0.0682. The number of halogens is 1. The number of rotatable bonds is 9. The Morgan fingerprint density at radius 3 is 2.04 bits per heavy atom. The fourth-order valence-electron chi connectivity index (χ4n) is 1.86. The molecule has 1 amide bonds. The first-order chi connectivity index (χ1) is 13.0. The zero-order valence-corrected chi connectivity index (χ0v) is 19.7. The Morgan fingerprint density at radius 2 is 1.59 bits per heavy atom. The molecule has 0 aliphatic heterocycles. The van der Waals surface area contributed by atoms with Crippen molar-refractivity contribution in [2.45, 2.75) is 60.3 Å². The maximum Gasteiger partial charge on any atom is 0.257 e. The third-order valence-electron chi connectivity index (χ3n) is 2.94. The predicted molar refractivity (Wildman–Crippen MR) is 121 cm³/mol. The molecule has 0 heterocycles. The Bertz CT molecular complexity index is 409. The summed E-state index contributed by atoms with van der Waals surface area (Å²) in [5.74, 6) is 0.676. The van der Waals surface area contributed by atoms with E-state index in [1.165, 1.54) is 18.4 Å². The molecule has 0 saturated heterocycles.